The molecule has 0 unspecified atom stereocenters. The van der Waals surface area contributed by atoms with E-state index in [4.69, 9.17) is 5.73 Å². The number of nitrogens with one attached hydrogen (secondary N) is 2. The van der Waals surface area contributed by atoms with Crippen LogP contribution in [0.15, 0.2) is 12.3 Å². The lowest BCUT2D eigenvalue weighted by Gasteiger charge is -2.14. The van der Waals surface area contributed by atoms with Crippen LogP contribution in [0.3, 0.4) is 0 Å². The summed E-state index contributed by atoms with van der Waals surface area (Å²) in [6.07, 6.45) is 1.58. The lowest BCUT2D eigenvalue weighted by Crippen LogP contribution is -2.46. The number of aryl methyl sites for hydroxylation is 1. The third-order valence-electron chi connectivity index (χ3n) is 3.13. The maximum atomic E-state index is 11.8. The first-order valence-electron chi connectivity index (χ1n) is 6.84. The smallest absolute Gasteiger partial charge is 0.354 e. The maximum Gasteiger partial charge on any atom is 0.354 e. The lowest BCUT2D eigenvalue weighted by molar-refractivity contribution is -0.125. The monoisotopic (exact) mass is 346 g/mol. The summed E-state index contributed by atoms with van der Waals surface area (Å²) >= 11 is 0. The van der Waals surface area contributed by atoms with Crippen LogP contribution in [0.5, 0.6) is 0 Å². The number of amides is 2. The number of aromatic nitrogens is 1. The van der Waals surface area contributed by atoms with Crippen LogP contribution in [-0.2, 0) is 21.4 Å². The highest BCUT2D eigenvalue weighted by Gasteiger charge is 2.18. The van der Waals surface area contributed by atoms with Crippen LogP contribution < -0.4 is 16.4 Å². The predicted molar refractivity (Wildman–Crippen MR) is 88.5 cm³/mol. The zero-order valence-electron chi connectivity index (χ0n) is 13.6. The molecular formula is C14H23ClN4O4. The van der Waals surface area contributed by atoms with E-state index in [1.807, 2.05) is 13.8 Å². The highest BCUT2D eigenvalue weighted by atomic mass is 35.5. The Morgan fingerprint density at radius 3 is 2.48 bits per heavy atom. The second kappa shape index (κ2) is 9.16. The van der Waals surface area contributed by atoms with Gasteiger partial charge in [0.05, 0.1) is 25.4 Å². The highest BCUT2D eigenvalue weighted by Crippen LogP contribution is 2.13. The van der Waals surface area contributed by atoms with E-state index in [1.54, 1.807) is 13.2 Å². The molecule has 8 nitrogen and oxygen atoms in total. The molecule has 0 aliphatic heterocycles. The minimum absolute atomic E-state index is 0. The predicted octanol–water partition coefficient (Wildman–Crippen LogP) is 0.272. The van der Waals surface area contributed by atoms with Crippen molar-refractivity contribution in [2.24, 2.45) is 18.7 Å². The molecule has 0 spiro atoms. The molecule has 1 aromatic rings. The molecular weight excluding hydrogens is 324 g/mol. The van der Waals surface area contributed by atoms with Gasteiger partial charge in [0, 0.05) is 13.2 Å². The van der Waals surface area contributed by atoms with E-state index in [-0.39, 0.29) is 30.8 Å². The summed E-state index contributed by atoms with van der Waals surface area (Å²) < 4.78 is 6.16. The van der Waals surface area contributed by atoms with Gasteiger partial charge in [0.1, 0.15) is 5.69 Å². The number of methoxy groups -OCH3 is 1. The third kappa shape index (κ3) is 5.91. The molecule has 0 aliphatic carbocycles. The molecule has 0 bridgehead atoms. The molecule has 0 fully saturated rings. The first-order valence-corrected chi connectivity index (χ1v) is 6.84. The van der Waals surface area contributed by atoms with E-state index in [2.05, 4.69) is 15.4 Å². The molecule has 2 amide bonds. The number of ether oxygens (including phenoxy) is 1. The Balaban J connectivity index is 0.00000484. The van der Waals surface area contributed by atoms with Gasteiger partial charge < -0.3 is 25.7 Å². The number of carbonyl (C=O) groups excluding carboxylic acids is 3. The number of carbonyl (C=O) groups is 3. The molecule has 0 aliphatic rings. The molecule has 1 rings (SSSR count). The fourth-order valence-corrected chi connectivity index (χ4v) is 1.73. The van der Waals surface area contributed by atoms with Crippen LogP contribution in [0.25, 0.3) is 0 Å². The minimum atomic E-state index is -0.657. The summed E-state index contributed by atoms with van der Waals surface area (Å²) in [5.41, 5.74) is 6.42. The van der Waals surface area contributed by atoms with Crippen LogP contribution in [0, 0.1) is 5.92 Å². The number of anilines is 1. The van der Waals surface area contributed by atoms with E-state index in [1.165, 1.54) is 17.7 Å². The molecule has 23 heavy (non-hydrogen) atoms. The standard InChI is InChI=1S/C14H22N4O4.ClH/c1-8(2)12(15)13(20)16-6-11(19)17-9-5-10(14(21)22-4)18(3)7-9;/h5,7-8,12H,6,15H2,1-4H3,(H,16,20)(H,17,19);1H/t12-;/m0./s1. The van der Waals surface area contributed by atoms with Gasteiger partial charge in [-0.3, -0.25) is 9.59 Å². The molecule has 0 aromatic carbocycles. The van der Waals surface area contributed by atoms with E-state index in [0.717, 1.165) is 0 Å². The fourth-order valence-electron chi connectivity index (χ4n) is 1.73. The van der Waals surface area contributed by atoms with Crippen molar-refractivity contribution in [3.05, 3.63) is 18.0 Å². The van der Waals surface area contributed by atoms with Crippen molar-refractivity contribution in [1.82, 2.24) is 9.88 Å². The Morgan fingerprint density at radius 2 is 1.96 bits per heavy atom. The number of hydrogen-bond donors (Lipinski definition) is 3. The highest BCUT2D eigenvalue weighted by molar-refractivity contribution is 5.97. The van der Waals surface area contributed by atoms with Gasteiger partial charge in [-0.15, -0.1) is 12.4 Å². The number of nitrogens with two attached hydrogens (primary N) is 1. The maximum absolute atomic E-state index is 11.8. The Bertz CT molecular complexity index is 571. The Labute approximate surface area is 141 Å². The largest absolute Gasteiger partial charge is 0.464 e. The van der Waals surface area contributed by atoms with E-state index in [9.17, 15) is 14.4 Å². The van der Waals surface area contributed by atoms with E-state index < -0.39 is 17.9 Å². The lowest BCUT2D eigenvalue weighted by atomic mass is 10.1. The summed E-state index contributed by atoms with van der Waals surface area (Å²) in [6.45, 7) is 3.45. The molecule has 0 saturated heterocycles. The summed E-state index contributed by atoms with van der Waals surface area (Å²) in [7, 11) is 2.94. The zero-order chi connectivity index (χ0) is 16.9. The summed E-state index contributed by atoms with van der Waals surface area (Å²) in [5, 5.41) is 5.05. The van der Waals surface area contributed by atoms with Gasteiger partial charge in [0.15, 0.2) is 0 Å². The van der Waals surface area contributed by atoms with Gasteiger partial charge in [-0.2, -0.15) is 0 Å². The van der Waals surface area contributed by atoms with Gasteiger partial charge >= 0.3 is 5.97 Å². The van der Waals surface area contributed by atoms with Gasteiger partial charge in [-0.25, -0.2) is 4.79 Å². The SMILES string of the molecule is COC(=O)c1cc(NC(=O)CNC(=O)[C@@H](N)C(C)C)cn1C.Cl. The number of halogens is 1. The van der Waals surface area contributed by atoms with Crippen molar-refractivity contribution in [1.29, 1.82) is 0 Å². The normalized spacial score (nSPS) is 11.4. The second-order valence-corrected chi connectivity index (χ2v) is 5.25. The molecule has 1 heterocycles. The quantitative estimate of drug-likeness (QED) is 0.639. The van der Waals surface area contributed by atoms with E-state index in [0.29, 0.717) is 11.4 Å². The van der Waals surface area contributed by atoms with Crippen molar-refractivity contribution < 1.29 is 19.1 Å². The molecule has 1 atom stereocenters. The Kier molecular flexibility index (Phi) is 8.34. The van der Waals surface area contributed by atoms with Gasteiger partial charge in [0.25, 0.3) is 0 Å². The van der Waals surface area contributed by atoms with Crippen molar-refractivity contribution in [2.75, 3.05) is 19.0 Å². The average molecular weight is 347 g/mol. The van der Waals surface area contributed by atoms with Crippen LogP contribution in [0.2, 0.25) is 0 Å². The zero-order valence-corrected chi connectivity index (χ0v) is 14.4. The fraction of sp³-hybridized carbons (Fsp3) is 0.500. The van der Waals surface area contributed by atoms with Crippen LogP contribution in [0.4, 0.5) is 5.69 Å². The van der Waals surface area contributed by atoms with Crippen molar-refractivity contribution in [2.45, 2.75) is 19.9 Å². The van der Waals surface area contributed by atoms with Crippen molar-refractivity contribution in [3.63, 3.8) is 0 Å². The number of nitrogens with zero attached hydrogens (tertiary/aromatic N) is 1. The summed E-state index contributed by atoms with van der Waals surface area (Å²) in [5.74, 6) is -1.31. The van der Waals surface area contributed by atoms with Crippen LogP contribution in [0.1, 0.15) is 24.3 Å². The van der Waals surface area contributed by atoms with Gasteiger partial charge in [-0.05, 0) is 12.0 Å². The summed E-state index contributed by atoms with van der Waals surface area (Å²) in [4.78, 5) is 34.9. The minimum Gasteiger partial charge on any atom is -0.464 e. The molecule has 4 N–H and O–H groups in total. The molecule has 9 heteroatoms. The molecule has 0 radical (unpaired) electrons. The van der Waals surface area contributed by atoms with Crippen LogP contribution in [-0.4, -0.2) is 42.0 Å². The first kappa shape index (κ1) is 20.9. The average Bonchev–Trinajstić information content (AvgIpc) is 2.83. The number of esters is 1. The van der Waals surface area contributed by atoms with Crippen LogP contribution >= 0.6 is 12.4 Å². The Morgan fingerprint density at radius 1 is 1.35 bits per heavy atom. The number of hydrogen-bond acceptors (Lipinski definition) is 5. The van der Waals surface area contributed by atoms with Gasteiger partial charge in [0.2, 0.25) is 11.8 Å². The van der Waals surface area contributed by atoms with E-state index >= 15 is 0 Å². The van der Waals surface area contributed by atoms with Gasteiger partial charge in [-0.1, -0.05) is 13.8 Å². The Hall–Kier alpha value is -2.06. The van der Waals surface area contributed by atoms with Crippen molar-refractivity contribution >= 4 is 35.9 Å². The first-order chi connectivity index (χ1) is 10.3. The number of rotatable bonds is 6. The topological polar surface area (TPSA) is 115 Å². The molecule has 0 saturated carbocycles. The van der Waals surface area contributed by atoms with Crippen molar-refractivity contribution in [3.8, 4) is 0 Å². The third-order valence-corrected chi connectivity index (χ3v) is 3.13. The second-order valence-electron chi connectivity index (χ2n) is 5.25. The summed E-state index contributed by atoms with van der Waals surface area (Å²) in [6, 6.07) is 0.834. The molecule has 1 aromatic heterocycles. The molecule has 130 valence electrons.